The Labute approximate surface area is 132 Å². The Morgan fingerprint density at radius 1 is 1.38 bits per heavy atom. The lowest BCUT2D eigenvalue weighted by molar-refractivity contribution is -0.131. The second-order valence-corrected chi connectivity index (χ2v) is 5.93. The molecule has 0 N–H and O–H groups in total. The van der Waals surface area contributed by atoms with Crippen LogP contribution in [0, 0.1) is 6.92 Å². The van der Waals surface area contributed by atoms with Crippen LogP contribution in [0.3, 0.4) is 0 Å². The summed E-state index contributed by atoms with van der Waals surface area (Å²) in [6, 6.07) is 5.25. The molecule has 21 heavy (non-hydrogen) atoms. The average molecular weight is 325 g/mol. The predicted octanol–water partition coefficient (Wildman–Crippen LogP) is 3.42. The van der Waals surface area contributed by atoms with E-state index in [0.717, 1.165) is 23.4 Å². The van der Waals surface area contributed by atoms with Crippen molar-refractivity contribution in [2.75, 3.05) is 6.54 Å². The van der Waals surface area contributed by atoms with E-state index < -0.39 is 0 Å². The van der Waals surface area contributed by atoms with Crippen molar-refractivity contribution in [3.8, 4) is 0 Å². The van der Waals surface area contributed by atoms with Gasteiger partial charge in [-0.3, -0.25) is 4.79 Å². The molecule has 0 radical (unpaired) electrons. The molecule has 0 spiro atoms. The van der Waals surface area contributed by atoms with Gasteiger partial charge >= 0.3 is 0 Å². The van der Waals surface area contributed by atoms with Crippen molar-refractivity contribution in [2.45, 2.75) is 26.3 Å². The number of rotatable bonds is 2. The maximum Gasteiger partial charge on any atom is 0.227 e. The SMILES string of the molecule is Cc1noc2c1CCN(C(=O)Cc1c(Cl)cccc1Cl)C2. The molecule has 6 heteroatoms. The van der Waals surface area contributed by atoms with E-state index >= 15 is 0 Å². The summed E-state index contributed by atoms with van der Waals surface area (Å²) < 4.78 is 5.27. The van der Waals surface area contributed by atoms with Crippen LogP contribution in [-0.4, -0.2) is 22.5 Å². The normalized spacial score (nSPS) is 14.1. The van der Waals surface area contributed by atoms with Crippen LogP contribution in [0.5, 0.6) is 0 Å². The highest BCUT2D eigenvalue weighted by molar-refractivity contribution is 6.36. The van der Waals surface area contributed by atoms with E-state index in [4.69, 9.17) is 27.7 Å². The van der Waals surface area contributed by atoms with Crippen LogP contribution in [0.15, 0.2) is 22.7 Å². The van der Waals surface area contributed by atoms with Crippen molar-refractivity contribution in [3.05, 3.63) is 50.8 Å². The van der Waals surface area contributed by atoms with Crippen molar-refractivity contribution >= 4 is 29.1 Å². The van der Waals surface area contributed by atoms with Crippen molar-refractivity contribution in [1.82, 2.24) is 10.1 Å². The molecule has 1 aliphatic heterocycles. The number of hydrogen-bond donors (Lipinski definition) is 0. The van der Waals surface area contributed by atoms with Gasteiger partial charge in [0.25, 0.3) is 0 Å². The molecule has 2 heterocycles. The number of halogens is 2. The molecule has 1 aromatic heterocycles. The zero-order valence-electron chi connectivity index (χ0n) is 11.5. The topological polar surface area (TPSA) is 46.3 Å². The van der Waals surface area contributed by atoms with Crippen LogP contribution in [0.2, 0.25) is 10.0 Å². The molecule has 1 aromatic carbocycles. The summed E-state index contributed by atoms with van der Waals surface area (Å²) in [6.07, 6.45) is 0.966. The monoisotopic (exact) mass is 324 g/mol. The Morgan fingerprint density at radius 3 is 2.81 bits per heavy atom. The molecule has 3 rings (SSSR count). The van der Waals surface area contributed by atoms with E-state index in [2.05, 4.69) is 5.16 Å². The van der Waals surface area contributed by atoms with E-state index in [1.807, 2.05) is 6.92 Å². The number of amides is 1. The first-order valence-corrected chi connectivity index (χ1v) is 7.46. The van der Waals surface area contributed by atoms with Crippen LogP contribution >= 0.6 is 23.2 Å². The molecule has 0 saturated heterocycles. The highest BCUT2D eigenvalue weighted by atomic mass is 35.5. The molecule has 0 fully saturated rings. The number of carbonyl (C=O) groups is 1. The van der Waals surface area contributed by atoms with Gasteiger partial charge < -0.3 is 9.42 Å². The number of aromatic nitrogens is 1. The number of benzene rings is 1. The molecule has 0 saturated carbocycles. The average Bonchev–Trinajstić information content (AvgIpc) is 2.84. The minimum Gasteiger partial charge on any atom is -0.359 e. The first-order valence-electron chi connectivity index (χ1n) is 6.71. The number of fused-ring (bicyclic) bond motifs is 1. The van der Waals surface area contributed by atoms with E-state index in [-0.39, 0.29) is 12.3 Å². The Bertz CT molecular complexity index is 677. The van der Waals surface area contributed by atoms with Crippen LogP contribution < -0.4 is 0 Å². The van der Waals surface area contributed by atoms with Crippen LogP contribution in [0.25, 0.3) is 0 Å². The van der Waals surface area contributed by atoms with Crippen molar-refractivity contribution in [1.29, 1.82) is 0 Å². The number of aryl methyl sites for hydroxylation is 1. The minimum absolute atomic E-state index is 0.00953. The molecular weight excluding hydrogens is 311 g/mol. The van der Waals surface area contributed by atoms with Crippen LogP contribution in [-0.2, 0) is 24.2 Å². The highest BCUT2D eigenvalue weighted by Crippen LogP contribution is 2.27. The minimum atomic E-state index is -0.00953. The fourth-order valence-corrected chi connectivity index (χ4v) is 3.09. The van der Waals surface area contributed by atoms with Crippen LogP contribution in [0.4, 0.5) is 0 Å². The summed E-state index contributed by atoms with van der Waals surface area (Å²) in [5.74, 6) is 0.766. The molecule has 0 aliphatic carbocycles. The third-order valence-corrected chi connectivity index (χ3v) is 4.48. The molecule has 4 nitrogen and oxygen atoms in total. The Morgan fingerprint density at radius 2 is 2.10 bits per heavy atom. The second-order valence-electron chi connectivity index (χ2n) is 5.11. The van der Waals surface area contributed by atoms with Gasteiger partial charge in [-0.25, -0.2) is 0 Å². The lowest BCUT2D eigenvalue weighted by atomic mass is 10.0. The molecule has 0 atom stereocenters. The van der Waals surface area contributed by atoms with Crippen molar-refractivity contribution < 1.29 is 9.32 Å². The number of hydrogen-bond acceptors (Lipinski definition) is 3. The molecule has 1 aliphatic rings. The zero-order chi connectivity index (χ0) is 15.0. The van der Waals surface area contributed by atoms with Crippen LogP contribution in [0.1, 0.15) is 22.6 Å². The van der Waals surface area contributed by atoms with Crippen molar-refractivity contribution in [2.24, 2.45) is 0 Å². The van der Waals surface area contributed by atoms with E-state index in [0.29, 0.717) is 28.7 Å². The summed E-state index contributed by atoms with van der Waals surface area (Å²) in [6.45, 7) is 3.04. The van der Waals surface area contributed by atoms with Gasteiger partial charge in [0.1, 0.15) is 0 Å². The fourth-order valence-electron chi connectivity index (χ4n) is 2.56. The van der Waals surface area contributed by atoms with Gasteiger partial charge in [0.2, 0.25) is 5.91 Å². The molecule has 0 unspecified atom stereocenters. The second kappa shape index (κ2) is 5.70. The van der Waals surface area contributed by atoms with E-state index in [1.54, 1.807) is 23.1 Å². The molecule has 0 bridgehead atoms. The zero-order valence-corrected chi connectivity index (χ0v) is 13.0. The Hall–Kier alpha value is -1.52. The van der Waals surface area contributed by atoms with E-state index in [1.165, 1.54) is 0 Å². The maximum absolute atomic E-state index is 12.4. The smallest absolute Gasteiger partial charge is 0.227 e. The lowest BCUT2D eigenvalue weighted by Gasteiger charge is -2.26. The Kier molecular flexibility index (Phi) is 3.91. The molecular formula is C15H14Cl2N2O2. The summed E-state index contributed by atoms with van der Waals surface area (Å²) in [7, 11) is 0. The first-order chi connectivity index (χ1) is 10.1. The third-order valence-electron chi connectivity index (χ3n) is 3.77. The van der Waals surface area contributed by atoms with Gasteiger partial charge in [0, 0.05) is 22.2 Å². The summed E-state index contributed by atoms with van der Waals surface area (Å²) in [4.78, 5) is 14.2. The lowest BCUT2D eigenvalue weighted by Crippen LogP contribution is -2.36. The number of carbonyl (C=O) groups excluding carboxylic acids is 1. The summed E-state index contributed by atoms with van der Waals surface area (Å²) in [5, 5.41) is 4.98. The van der Waals surface area contributed by atoms with Gasteiger partial charge in [-0.05, 0) is 31.0 Å². The molecule has 1 amide bonds. The largest absolute Gasteiger partial charge is 0.359 e. The number of nitrogens with zero attached hydrogens (tertiary/aromatic N) is 2. The van der Waals surface area contributed by atoms with Gasteiger partial charge in [-0.1, -0.05) is 34.4 Å². The first kappa shape index (κ1) is 14.4. The highest BCUT2D eigenvalue weighted by Gasteiger charge is 2.26. The summed E-state index contributed by atoms with van der Waals surface area (Å²) >= 11 is 12.2. The predicted molar refractivity (Wildman–Crippen MR) is 80.5 cm³/mol. The van der Waals surface area contributed by atoms with Crippen molar-refractivity contribution in [3.63, 3.8) is 0 Å². The Balaban J connectivity index is 1.75. The molecule has 110 valence electrons. The standard InChI is InChI=1S/C15H14Cl2N2O2/c1-9-10-5-6-19(8-14(10)21-18-9)15(20)7-11-12(16)3-2-4-13(11)17/h2-4H,5-8H2,1H3. The third kappa shape index (κ3) is 2.78. The quantitative estimate of drug-likeness (QED) is 0.850. The van der Waals surface area contributed by atoms with Gasteiger partial charge in [-0.2, -0.15) is 0 Å². The summed E-state index contributed by atoms with van der Waals surface area (Å²) in [5.41, 5.74) is 2.70. The van der Waals surface area contributed by atoms with Gasteiger partial charge in [0.15, 0.2) is 5.76 Å². The fraction of sp³-hybridized carbons (Fsp3) is 0.333. The van der Waals surface area contributed by atoms with Gasteiger partial charge in [-0.15, -0.1) is 0 Å². The molecule has 2 aromatic rings. The van der Waals surface area contributed by atoms with E-state index in [9.17, 15) is 4.79 Å². The van der Waals surface area contributed by atoms with Gasteiger partial charge in [0.05, 0.1) is 18.7 Å². The maximum atomic E-state index is 12.4.